The predicted octanol–water partition coefficient (Wildman–Crippen LogP) is 8.15. The quantitative estimate of drug-likeness (QED) is 0.277. The molecule has 0 saturated carbocycles. The van der Waals surface area contributed by atoms with Crippen LogP contribution in [0.5, 0.6) is 0 Å². The van der Waals surface area contributed by atoms with Gasteiger partial charge >= 0.3 is 0 Å². The molecule has 3 heterocycles. The monoisotopic (exact) mass is 405 g/mol. The van der Waals surface area contributed by atoms with E-state index in [2.05, 4.69) is 63.2 Å². The van der Waals surface area contributed by atoms with Gasteiger partial charge in [0.2, 0.25) is 0 Å². The molecule has 0 unspecified atom stereocenters. The predicted molar refractivity (Wildman–Crippen MR) is 128 cm³/mol. The van der Waals surface area contributed by atoms with Crippen molar-refractivity contribution in [1.29, 1.82) is 0 Å². The highest BCUT2D eigenvalue weighted by Crippen LogP contribution is 2.40. The molecule has 0 amide bonds. The maximum absolute atomic E-state index is 6.48. The summed E-state index contributed by atoms with van der Waals surface area (Å²) in [7, 11) is 0. The van der Waals surface area contributed by atoms with E-state index in [4.69, 9.17) is 13.8 Å². The van der Waals surface area contributed by atoms with Gasteiger partial charge in [0.1, 0.15) is 22.6 Å². The van der Waals surface area contributed by atoms with Crippen molar-refractivity contribution in [3.63, 3.8) is 0 Å². The standard InChI is InChI=1S/C28H23NO2/c1-16-13-22-24(30-16)10-9-20-21-11-12-29-25(27(21)31-26(20)22)18-14-17-7-5-6-8-19(17)23(15-18)28(2,3)4/h5-15H,1-4H3. The maximum atomic E-state index is 6.48. The maximum Gasteiger partial charge on any atom is 0.161 e. The lowest BCUT2D eigenvalue weighted by atomic mass is 9.82. The van der Waals surface area contributed by atoms with E-state index in [0.29, 0.717) is 0 Å². The fourth-order valence-electron chi connectivity index (χ4n) is 4.67. The summed E-state index contributed by atoms with van der Waals surface area (Å²) in [6, 6.07) is 21.2. The topological polar surface area (TPSA) is 39.2 Å². The third-order valence-corrected chi connectivity index (χ3v) is 6.12. The molecule has 0 atom stereocenters. The van der Waals surface area contributed by atoms with Gasteiger partial charge in [-0.25, -0.2) is 0 Å². The fourth-order valence-corrected chi connectivity index (χ4v) is 4.67. The van der Waals surface area contributed by atoms with Crippen LogP contribution in [0.15, 0.2) is 75.7 Å². The van der Waals surface area contributed by atoms with Gasteiger partial charge in [-0.1, -0.05) is 45.0 Å². The van der Waals surface area contributed by atoms with E-state index in [1.165, 1.54) is 16.3 Å². The first kappa shape index (κ1) is 18.2. The minimum absolute atomic E-state index is 0.0118. The third kappa shape index (κ3) is 2.70. The second kappa shape index (κ2) is 6.21. The summed E-state index contributed by atoms with van der Waals surface area (Å²) in [5.74, 6) is 0.880. The molecule has 0 aliphatic rings. The first-order chi connectivity index (χ1) is 14.9. The lowest BCUT2D eigenvalue weighted by Gasteiger charge is -2.22. The van der Waals surface area contributed by atoms with Gasteiger partial charge in [0.25, 0.3) is 0 Å². The van der Waals surface area contributed by atoms with Crippen molar-refractivity contribution in [3.05, 3.63) is 78.2 Å². The zero-order valence-corrected chi connectivity index (χ0v) is 18.1. The average Bonchev–Trinajstić information content (AvgIpc) is 3.31. The number of aryl methyl sites for hydroxylation is 1. The SMILES string of the molecule is Cc1cc2c(ccc3c4ccnc(-c5cc(C(C)(C)C)c6ccccc6c5)c4oc23)o1. The van der Waals surface area contributed by atoms with Crippen molar-refractivity contribution in [2.45, 2.75) is 33.1 Å². The van der Waals surface area contributed by atoms with Crippen LogP contribution in [0.4, 0.5) is 0 Å². The van der Waals surface area contributed by atoms with Crippen LogP contribution in [0, 0.1) is 6.92 Å². The molecule has 3 aromatic heterocycles. The van der Waals surface area contributed by atoms with Crippen molar-refractivity contribution in [2.24, 2.45) is 0 Å². The summed E-state index contributed by atoms with van der Waals surface area (Å²) < 4.78 is 12.3. The van der Waals surface area contributed by atoms with Crippen LogP contribution in [0.25, 0.3) is 54.9 Å². The van der Waals surface area contributed by atoms with Crippen molar-refractivity contribution in [3.8, 4) is 11.3 Å². The molecule has 0 aliphatic carbocycles. The molecule has 3 heteroatoms. The fraction of sp³-hybridized carbons (Fsp3) is 0.179. The van der Waals surface area contributed by atoms with Crippen LogP contribution in [-0.2, 0) is 5.41 Å². The molecule has 6 rings (SSSR count). The Bertz CT molecular complexity index is 1630. The molecule has 0 fully saturated rings. The number of pyridine rings is 1. The molecule has 3 nitrogen and oxygen atoms in total. The number of fused-ring (bicyclic) bond motifs is 6. The summed E-state index contributed by atoms with van der Waals surface area (Å²) in [5, 5.41) is 5.67. The van der Waals surface area contributed by atoms with Gasteiger partial charge in [-0.15, -0.1) is 0 Å². The molecular formula is C28H23NO2. The van der Waals surface area contributed by atoms with Crippen LogP contribution in [0.2, 0.25) is 0 Å². The van der Waals surface area contributed by atoms with Gasteiger partial charge in [0.05, 0.1) is 5.39 Å². The first-order valence-corrected chi connectivity index (χ1v) is 10.6. The molecule has 0 radical (unpaired) electrons. The van der Waals surface area contributed by atoms with E-state index >= 15 is 0 Å². The molecule has 6 aromatic rings. The molecule has 152 valence electrons. The van der Waals surface area contributed by atoms with Gasteiger partial charge in [0, 0.05) is 22.5 Å². The average molecular weight is 405 g/mol. The Hall–Kier alpha value is -3.59. The summed E-state index contributed by atoms with van der Waals surface area (Å²) >= 11 is 0. The smallest absolute Gasteiger partial charge is 0.161 e. The van der Waals surface area contributed by atoms with E-state index in [0.717, 1.165) is 49.9 Å². The number of nitrogens with zero attached hydrogens (tertiary/aromatic N) is 1. The summed E-state index contributed by atoms with van der Waals surface area (Å²) in [6.45, 7) is 8.73. The summed E-state index contributed by atoms with van der Waals surface area (Å²) in [4.78, 5) is 4.77. The van der Waals surface area contributed by atoms with E-state index in [1.807, 2.05) is 31.3 Å². The van der Waals surface area contributed by atoms with Gasteiger partial charge in [-0.2, -0.15) is 0 Å². The van der Waals surface area contributed by atoms with Gasteiger partial charge in [-0.05, 0) is 65.1 Å². The van der Waals surface area contributed by atoms with Crippen LogP contribution in [0.3, 0.4) is 0 Å². The zero-order valence-electron chi connectivity index (χ0n) is 18.1. The number of benzene rings is 3. The van der Waals surface area contributed by atoms with Crippen molar-refractivity contribution in [2.75, 3.05) is 0 Å². The normalized spacial score (nSPS) is 12.5. The Balaban J connectivity index is 1.70. The Morgan fingerprint density at radius 3 is 2.39 bits per heavy atom. The summed E-state index contributed by atoms with van der Waals surface area (Å²) in [6.07, 6.45) is 1.88. The number of furan rings is 2. The van der Waals surface area contributed by atoms with Crippen LogP contribution in [-0.4, -0.2) is 4.98 Å². The van der Waals surface area contributed by atoms with E-state index in [1.54, 1.807) is 0 Å². The summed E-state index contributed by atoms with van der Waals surface area (Å²) in [5.41, 5.74) is 5.79. The van der Waals surface area contributed by atoms with Crippen molar-refractivity contribution in [1.82, 2.24) is 4.98 Å². The Labute approximate surface area is 180 Å². The first-order valence-electron chi connectivity index (χ1n) is 10.6. The zero-order chi connectivity index (χ0) is 21.3. The van der Waals surface area contributed by atoms with Gasteiger partial charge in [0.15, 0.2) is 5.58 Å². The molecule has 3 aromatic carbocycles. The lowest BCUT2D eigenvalue weighted by molar-refractivity contribution is 0.578. The second-order valence-electron chi connectivity index (χ2n) is 9.34. The Morgan fingerprint density at radius 2 is 1.55 bits per heavy atom. The number of rotatable bonds is 1. The molecule has 0 saturated heterocycles. The minimum Gasteiger partial charge on any atom is -0.461 e. The molecule has 0 spiro atoms. The van der Waals surface area contributed by atoms with Crippen LogP contribution < -0.4 is 0 Å². The molecule has 31 heavy (non-hydrogen) atoms. The van der Waals surface area contributed by atoms with E-state index in [9.17, 15) is 0 Å². The number of hydrogen-bond donors (Lipinski definition) is 0. The highest BCUT2D eigenvalue weighted by Gasteiger charge is 2.21. The molecule has 0 bridgehead atoms. The number of aromatic nitrogens is 1. The van der Waals surface area contributed by atoms with E-state index < -0.39 is 0 Å². The van der Waals surface area contributed by atoms with Crippen molar-refractivity contribution < 1.29 is 8.83 Å². The third-order valence-electron chi connectivity index (χ3n) is 6.12. The van der Waals surface area contributed by atoms with Gasteiger partial charge in [-0.3, -0.25) is 4.98 Å². The molecule has 0 N–H and O–H groups in total. The molecule has 0 aliphatic heterocycles. The molecular weight excluding hydrogens is 382 g/mol. The highest BCUT2D eigenvalue weighted by molar-refractivity contribution is 6.16. The van der Waals surface area contributed by atoms with Crippen LogP contribution in [0.1, 0.15) is 32.1 Å². The number of hydrogen-bond acceptors (Lipinski definition) is 3. The highest BCUT2D eigenvalue weighted by atomic mass is 16.3. The second-order valence-corrected chi connectivity index (χ2v) is 9.34. The largest absolute Gasteiger partial charge is 0.461 e. The Morgan fingerprint density at radius 1 is 0.742 bits per heavy atom. The van der Waals surface area contributed by atoms with E-state index in [-0.39, 0.29) is 5.41 Å². The lowest BCUT2D eigenvalue weighted by Crippen LogP contribution is -2.12. The van der Waals surface area contributed by atoms with Crippen molar-refractivity contribution >= 4 is 43.7 Å². The van der Waals surface area contributed by atoms with Crippen LogP contribution >= 0.6 is 0 Å². The minimum atomic E-state index is 0.0118. The van der Waals surface area contributed by atoms with Gasteiger partial charge < -0.3 is 8.83 Å². The Kier molecular flexibility index (Phi) is 3.64.